The number of benzene rings is 2. The SMILES string of the molecule is COc1cc(C)c(C)cc1S(=O)(=O)N(CC(=O)O)Cc1ccccc1. The third-order valence-electron chi connectivity index (χ3n) is 3.91. The van der Waals surface area contributed by atoms with Crippen LogP contribution in [0.15, 0.2) is 47.4 Å². The Bertz CT molecular complexity index is 863. The number of methoxy groups -OCH3 is 1. The van der Waals surface area contributed by atoms with Crippen LogP contribution >= 0.6 is 0 Å². The summed E-state index contributed by atoms with van der Waals surface area (Å²) in [4.78, 5) is 11.2. The maximum atomic E-state index is 13.1. The minimum Gasteiger partial charge on any atom is -0.495 e. The molecule has 0 spiro atoms. The molecule has 7 heteroatoms. The number of carboxylic acid groups (broad SMARTS) is 1. The molecule has 0 unspecified atom stereocenters. The van der Waals surface area contributed by atoms with Gasteiger partial charge < -0.3 is 9.84 Å². The van der Waals surface area contributed by atoms with E-state index in [9.17, 15) is 13.2 Å². The van der Waals surface area contributed by atoms with E-state index in [2.05, 4.69) is 0 Å². The first kappa shape index (κ1) is 19.0. The maximum absolute atomic E-state index is 13.1. The summed E-state index contributed by atoms with van der Waals surface area (Å²) in [5.41, 5.74) is 2.38. The molecule has 0 aliphatic heterocycles. The number of sulfonamides is 1. The zero-order chi connectivity index (χ0) is 18.6. The Morgan fingerprint density at radius 3 is 2.28 bits per heavy atom. The molecule has 0 saturated heterocycles. The average Bonchev–Trinajstić information content (AvgIpc) is 2.56. The summed E-state index contributed by atoms with van der Waals surface area (Å²) >= 11 is 0. The van der Waals surface area contributed by atoms with Crippen molar-refractivity contribution in [2.24, 2.45) is 0 Å². The van der Waals surface area contributed by atoms with Gasteiger partial charge in [0.25, 0.3) is 0 Å². The van der Waals surface area contributed by atoms with Crippen molar-refractivity contribution < 1.29 is 23.1 Å². The van der Waals surface area contributed by atoms with Crippen molar-refractivity contribution in [3.8, 4) is 5.75 Å². The molecule has 0 atom stereocenters. The molecule has 2 aromatic carbocycles. The van der Waals surface area contributed by atoms with Gasteiger partial charge in [-0.3, -0.25) is 4.79 Å². The second-order valence-electron chi connectivity index (χ2n) is 5.74. The number of carbonyl (C=O) groups is 1. The van der Waals surface area contributed by atoms with Crippen LogP contribution in [0.4, 0.5) is 0 Å². The minimum atomic E-state index is -4.05. The van der Waals surface area contributed by atoms with E-state index in [0.717, 1.165) is 15.4 Å². The van der Waals surface area contributed by atoms with Crippen LogP contribution in [-0.2, 0) is 21.4 Å². The van der Waals surface area contributed by atoms with Crippen LogP contribution in [0.25, 0.3) is 0 Å². The Morgan fingerprint density at radius 2 is 1.72 bits per heavy atom. The predicted molar refractivity (Wildman–Crippen MR) is 94.1 cm³/mol. The summed E-state index contributed by atoms with van der Waals surface area (Å²) in [5.74, 6) is -1.02. The number of nitrogens with zero attached hydrogens (tertiary/aromatic N) is 1. The van der Waals surface area contributed by atoms with Crippen LogP contribution in [0, 0.1) is 13.8 Å². The van der Waals surface area contributed by atoms with Crippen molar-refractivity contribution >= 4 is 16.0 Å². The number of hydrogen-bond acceptors (Lipinski definition) is 4. The van der Waals surface area contributed by atoms with Crippen molar-refractivity contribution in [2.45, 2.75) is 25.3 Å². The number of hydrogen-bond donors (Lipinski definition) is 1. The highest BCUT2D eigenvalue weighted by Gasteiger charge is 2.30. The first-order valence-corrected chi connectivity index (χ1v) is 9.11. The molecule has 0 fully saturated rings. The fraction of sp³-hybridized carbons (Fsp3) is 0.278. The Balaban J connectivity index is 2.51. The lowest BCUT2D eigenvalue weighted by molar-refractivity contribution is -0.137. The lowest BCUT2D eigenvalue weighted by Gasteiger charge is -2.22. The molecule has 25 heavy (non-hydrogen) atoms. The van der Waals surface area contributed by atoms with Gasteiger partial charge >= 0.3 is 5.97 Å². The van der Waals surface area contributed by atoms with Gasteiger partial charge in [-0.25, -0.2) is 8.42 Å². The Morgan fingerprint density at radius 1 is 1.12 bits per heavy atom. The highest BCUT2D eigenvalue weighted by molar-refractivity contribution is 7.89. The lowest BCUT2D eigenvalue weighted by atomic mass is 10.1. The monoisotopic (exact) mass is 363 g/mol. The molecule has 134 valence electrons. The minimum absolute atomic E-state index is 0.0321. The topological polar surface area (TPSA) is 83.9 Å². The second kappa shape index (κ2) is 7.67. The molecule has 0 amide bonds. The molecular formula is C18H21NO5S. The van der Waals surface area contributed by atoms with Crippen molar-refractivity contribution in [1.29, 1.82) is 0 Å². The molecule has 0 aliphatic carbocycles. The van der Waals surface area contributed by atoms with Gasteiger partial charge in [0.1, 0.15) is 17.2 Å². The average molecular weight is 363 g/mol. The van der Waals surface area contributed by atoms with Gasteiger partial charge in [0.15, 0.2) is 0 Å². The van der Waals surface area contributed by atoms with Crippen LogP contribution in [0.5, 0.6) is 5.75 Å². The maximum Gasteiger partial charge on any atom is 0.318 e. The molecule has 0 heterocycles. The molecule has 6 nitrogen and oxygen atoms in total. The number of carboxylic acids is 1. The molecular weight excluding hydrogens is 342 g/mol. The van der Waals surface area contributed by atoms with Gasteiger partial charge in [-0.1, -0.05) is 30.3 Å². The predicted octanol–water partition coefficient (Wildman–Crippen LogP) is 2.59. The summed E-state index contributed by atoms with van der Waals surface area (Å²) < 4.78 is 32.4. The molecule has 2 rings (SSSR count). The van der Waals surface area contributed by atoms with Gasteiger partial charge in [0.2, 0.25) is 10.0 Å². The zero-order valence-corrected chi connectivity index (χ0v) is 15.2. The highest BCUT2D eigenvalue weighted by atomic mass is 32.2. The van der Waals surface area contributed by atoms with E-state index in [1.807, 2.05) is 13.0 Å². The Hall–Kier alpha value is -2.38. The van der Waals surface area contributed by atoms with Gasteiger partial charge in [0.05, 0.1) is 7.11 Å². The second-order valence-corrected chi connectivity index (χ2v) is 7.65. The highest BCUT2D eigenvalue weighted by Crippen LogP contribution is 2.30. The van der Waals surface area contributed by atoms with E-state index < -0.39 is 22.5 Å². The van der Waals surface area contributed by atoms with Crippen molar-refractivity contribution in [1.82, 2.24) is 4.31 Å². The Kier molecular flexibility index (Phi) is 5.81. The van der Waals surface area contributed by atoms with Crippen molar-refractivity contribution in [3.63, 3.8) is 0 Å². The van der Waals surface area contributed by atoms with E-state index in [-0.39, 0.29) is 17.2 Å². The largest absolute Gasteiger partial charge is 0.495 e. The van der Waals surface area contributed by atoms with Crippen LogP contribution in [0.2, 0.25) is 0 Å². The van der Waals surface area contributed by atoms with Crippen molar-refractivity contribution in [3.05, 3.63) is 59.2 Å². The summed E-state index contributed by atoms with van der Waals surface area (Å²) in [6, 6.07) is 12.0. The third kappa shape index (κ3) is 4.37. The summed E-state index contributed by atoms with van der Waals surface area (Å²) in [6.07, 6.45) is 0. The smallest absolute Gasteiger partial charge is 0.318 e. The first-order chi connectivity index (χ1) is 11.8. The van der Waals surface area contributed by atoms with E-state index >= 15 is 0 Å². The molecule has 0 saturated carbocycles. The lowest BCUT2D eigenvalue weighted by Crippen LogP contribution is -2.35. The van der Waals surface area contributed by atoms with E-state index in [1.165, 1.54) is 13.2 Å². The standard InChI is InChI=1S/C18H21NO5S/c1-13-9-16(24-3)17(10-14(13)2)25(22,23)19(12-18(20)21)11-15-7-5-4-6-8-15/h4-10H,11-12H2,1-3H3,(H,20,21). The van der Waals surface area contributed by atoms with Gasteiger partial charge in [-0.05, 0) is 42.7 Å². The van der Waals surface area contributed by atoms with Gasteiger partial charge in [-0.2, -0.15) is 4.31 Å². The van der Waals surface area contributed by atoms with Crippen LogP contribution in [0.1, 0.15) is 16.7 Å². The summed E-state index contributed by atoms with van der Waals surface area (Å²) in [6.45, 7) is 2.98. The molecule has 1 N–H and O–H groups in total. The van der Waals surface area contributed by atoms with Crippen molar-refractivity contribution in [2.75, 3.05) is 13.7 Å². The molecule has 2 aromatic rings. The fourth-order valence-corrected chi connectivity index (χ4v) is 4.03. The normalized spacial score (nSPS) is 11.5. The van der Waals surface area contributed by atoms with Gasteiger partial charge in [-0.15, -0.1) is 0 Å². The van der Waals surface area contributed by atoms with Crippen LogP contribution < -0.4 is 4.74 Å². The number of ether oxygens (including phenoxy) is 1. The summed E-state index contributed by atoms with van der Waals surface area (Å²) in [7, 11) is -2.66. The Labute approximate surface area is 147 Å². The first-order valence-electron chi connectivity index (χ1n) is 7.67. The molecule has 0 aromatic heterocycles. The molecule has 0 bridgehead atoms. The van der Waals surface area contributed by atoms with Crippen LogP contribution in [0.3, 0.4) is 0 Å². The molecule has 0 radical (unpaired) electrons. The molecule has 0 aliphatic rings. The van der Waals surface area contributed by atoms with Gasteiger partial charge in [0, 0.05) is 6.54 Å². The quantitative estimate of drug-likeness (QED) is 0.817. The van der Waals surface area contributed by atoms with E-state index in [0.29, 0.717) is 5.56 Å². The zero-order valence-electron chi connectivity index (χ0n) is 14.4. The number of aryl methyl sites for hydroxylation is 2. The number of aliphatic carboxylic acids is 1. The number of rotatable bonds is 7. The van der Waals surface area contributed by atoms with E-state index in [4.69, 9.17) is 9.84 Å². The van der Waals surface area contributed by atoms with Crippen LogP contribution in [-0.4, -0.2) is 37.5 Å². The van der Waals surface area contributed by atoms with E-state index in [1.54, 1.807) is 37.3 Å². The fourth-order valence-electron chi connectivity index (χ4n) is 2.43. The third-order valence-corrected chi connectivity index (χ3v) is 5.72. The summed E-state index contributed by atoms with van der Waals surface area (Å²) in [5, 5.41) is 9.16.